The minimum atomic E-state index is 0.0562. The number of fused-ring (bicyclic) bond motifs is 4. The summed E-state index contributed by atoms with van der Waals surface area (Å²) >= 11 is 0. The molecule has 0 spiro atoms. The zero-order valence-corrected chi connectivity index (χ0v) is 12.4. The smallest absolute Gasteiger partial charge is 0.231 e. The third-order valence-corrected chi connectivity index (χ3v) is 4.78. The molecular formula is C18H16N2O2. The van der Waals surface area contributed by atoms with Crippen LogP contribution in [-0.2, 0) is 6.42 Å². The number of aliphatic imine (C=N–C) groups is 1. The van der Waals surface area contributed by atoms with Crippen LogP contribution in [0.4, 0.5) is 0 Å². The van der Waals surface area contributed by atoms with Gasteiger partial charge in [0.2, 0.25) is 6.79 Å². The van der Waals surface area contributed by atoms with Crippen molar-refractivity contribution < 1.29 is 9.47 Å². The predicted molar refractivity (Wildman–Crippen MR) is 84.7 cm³/mol. The number of benzene rings is 2. The lowest BCUT2D eigenvalue weighted by Gasteiger charge is -2.33. The van der Waals surface area contributed by atoms with E-state index in [1.165, 1.54) is 16.7 Å². The second kappa shape index (κ2) is 4.34. The molecule has 0 amide bonds. The molecule has 5 rings (SSSR count). The topological polar surface area (TPSA) is 34.1 Å². The highest BCUT2D eigenvalue weighted by molar-refractivity contribution is 5.95. The van der Waals surface area contributed by atoms with E-state index in [2.05, 4.69) is 42.3 Å². The van der Waals surface area contributed by atoms with Crippen LogP contribution in [0.25, 0.3) is 11.1 Å². The Balaban J connectivity index is 1.91. The van der Waals surface area contributed by atoms with Crippen LogP contribution in [0.15, 0.2) is 35.3 Å². The maximum atomic E-state index is 5.82. The summed E-state index contributed by atoms with van der Waals surface area (Å²) in [4.78, 5) is 7.15. The van der Waals surface area contributed by atoms with E-state index in [0.717, 1.165) is 35.6 Å². The second-order valence-electron chi connectivity index (χ2n) is 6.03. The Morgan fingerprint density at radius 2 is 2.14 bits per heavy atom. The van der Waals surface area contributed by atoms with Gasteiger partial charge in [-0.2, -0.15) is 0 Å². The first-order valence-electron chi connectivity index (χ1n) is 7.61. The van der Waals surface area contributed by atoms with Gasteiger partial charge in [-0.25, -0.2) is 0 Å². The summed E-state index contributed by atoms with van der Waals surface area (Å²) < 4.78 is 11.5. The van der Waals surface area contributed by atoms with Gasteiger partial charge in [0.1, 0.15) is 6.17 Å². The van der Waals surface area contributed by atoms with Crippen molar-refractivity contribution >= 4 is 6.21 Å². The van der Waals surface area contributed by atoms with Crippen LogP contribution in [-0.4, -0.2) is 31.5 Å². The highest BCUT2D eigenvalue weighted by Crippen LogP contribution is 2.51. The van der Waals surface area contributed by atoms with Crippen molar-refractivity contribution in [3.63, 3.8) is 0 Å². The lowest BCUT2D eigenvalue weighted by Crippen LogP contribution is -2.31. The van der Waals surface area contributed by atoms with Crippen molar-refractivity contribution in [1.29, 1.82) is 0 Å². The zero-order chi connectivity index (χ0) is 14.7. The van der Waals surface area contributed by atoms with Crippen LogP contribution in [0.3, 0.4) is 0 Å². The summed E-state index contributed by atoms with van der Waals surface area (Å²) in [5, 5.41) is 0. The summed E-state index contributed by atoms with van der Waals surface area (Å²) in [6.07, 6.45) is 3.07. The van der Waals surface area contributed by atoms with Gasteiger partial charge in [0.05, 0.1) is 0 Å². The van der Waals surface area contributed by atoms with Crippen LogP contribution < -0.4 is 9.47 Å². The SMILES string of the molecule is CN1CCc2cc3c(c4c2C1N=Cc1ccccc1-4)OCO3. The molecule has 4 heteroatoms. The molecule has 0 bridgehead atoms. The summed E-state index contributed by atoms with van der Waals surface area (Å²) in [5.74, 6) is 1.74. The van der Waals surface area contributed by atoms with Crippen LogP contribution in [0.2, 0.25) is 0 Å². The van der Waals surface area contributed by atoms with E-state index in [-0.39, 0.29) is 6.17 Å². The molecular weight excluding hydrogens is 276 g/mol. The van der Waals surface area contributed by atoms with Gasteiger partial charge in [0.25, 0.3) is 0 Å². The molecule has 0 radical (unpaired) electrons. The minimum Gasteiger partial charge on any atom is -0.454 e. The van der Waals surface area contributed by atoms with E-state index in [9.17, 15) is 0 Å². The molecule has 1 unspecified atom stereocenters. The van der Waals surface area contributed by atoms with Gasteiger partial charge in [-0.3, -0.25) is 9.89 Å². The van der Waals surface area contributed by atoms with Crippen molar-refractivity contribution in [3.8, 4) is 22.6 Å². The molecule has 4 nitrogen and oxygen atoms in total. The Morgan fingerprint density at radius 3 is 3.09 bits per heavy atom. The summed E-state index contributed by atoms with van der Waals surface area (Å²) in [6.45, 7) is 1.30. The molecule has 1 atom stereocenters. The Hall–Kier alpha value is -2.33. The van der Waals surface area contributed by atoms with E-state index >= 15 is 0 Å². The van der Waals surface area contributed by atoms with Gasteiger partial charge >= 0.3 is 0 Å². The molecule has 3 aliphatic heterocycles. The lowest BCUT2D eigenvalue weighted by molar-refractivity contribution is 0.174. The molecule has 3 heterocycles. The van der Waals surface area contributed by atoms with E-state index < -0.39 is 0 Å². The first-order chi connectivity index (χ1) is 10.8. The van der Waals surface area contributed by atoms with Crippen molar-refractivity contribution in [3.05, 3.63) is 47.0 Å². The molecule has 0 saturated heterocycles. The van der Waals surface area contributed by atoms with E-state index in [1.54, 1.807) is 0 Å². The molecule has 2 aromatic carbocycles. The first kappa shape index (κ1) is 12.2. The summed E-state index contributed by atoms with van der Waals surface area (Å²) in [7, 11) is 2.13. The van der Waals surface area contributed by atoms with E-state index in [1.807, 2.05) is 6.21 Å². The summed E-state index contributed by atoms with van der Waals surface area (Å²) in [6, 6.07) is 10.5. The Kier molecular flexibility index (Phi) is 2.41. The molecule has 0 aliphatic carbocycles. The van der Waals surface area contributed by atoms with Crippen molar-refractivity contribution in [2.45, 2.75) is 12.6 Å². The van der Waals surface area contributed by atoms with Crippen LogP contribution in [0.1, 0.15) is 22.9 Å². The standard InChI is InChI=1S/C18H16N2O2/c1-20-7-6-11-8-14-17(22-10-21-14)16-13-5-3-2-4-12(13)9-19-18(20)15(11)16/h2-5,8-9,18H,6-7,10H2,1H3. The average molecular weight is 292 g/mol. The number of nitrogens with zero attached hydrogens (tertiary/aromatic N) is 2. The molecule has 22 heavy (non-hydrogen) atoms. The van der Waals surface area contributed by atoms with Gasteiger partial charge < -0.3 is 9.47 Å². The Bertz CT molecular complexity index is 813. The molecule has 2 aromatic rings. The lowest BCUT2D eigenvalue weighted by atomic mass is 9.87. The zero-order valence-electron chi connectivity index (χ0n) is 12.4. The fourth-order valence-electron chi connectivity index (χ4n) is 3.70. The van der Waals surface area contributed by atoms with Gasteiger partial charge in [-0.05, 0) is 30.7 Å². The second-order valence-corrected chi connectivity index (χ2v) is 6.03. The quantitative estimate of drug-likeness (QED) is 0.748. The highest BCUT2D eigenvalue weighted by atomic mass is 16.7. The fourth-order valence-corrected chi connectivity index (χ4v) is 3.70. The maximum Gasteiger partial charge on any atom is 0.231 e. The minimum absolute atomic E-state index is 0.0562. The molecule has 0 fully saturated rings. The molecule has 0 N–H and O–H groups in total. The van der Waals surface area contributed by atoms with Crippen molar-refractivity contribution in [1.82, 2.24) is 4.90 Å². The fraction of sp³-hybridized carbons (Fsp3) is 0.278. The van der Waals surface area contributed by atoms with E-state index in [0.29, 0.717) is 6.79 Å². The van der Waals surface area contributed by atoms with Gasteiger partial charge in [-0.1, -0.05) is 24.3 Å². The van der Waals surface area contributed by atoms with Crippen LogP contribution >= 0.6 is 0 Å². The molecule has 3 aliphatic rings. The molecule has 110 valence electrons. The third-order valence-electron chi connectivity index (χ3n) is 4.78. The highest BCUT2D eigenvalue weighted by Gasteiger charge is 2.34. The largest absolute Gasteiger partial charge is 0.454 e. The van der Waals surface area contributed by atoms with Crippen molar-refractivity contribution in [2.24, 2.45) is 4.99 Å². The number of ether oxygens (including phenoxy) is 2. The molecule has 0 saturated carbocycles. The van der Waals surface area contributed by atoms with Crippen LogP contribution in [0.5, 0.6) is 11.5 Å². The Morgan fingerprint density at radius 1 is 1.23 bits per heavy atom. The monoisotopic (exact) mass is 292 g/mol. The van der Waals surface area contributed by atoms with Gasteiger partial charge in [0.15, 0.2) is 11.5 Å². The van der Waals surface area contributed by atoms with Crippen molar-refractivity contribution in [2.75, 3.05) is 20.4 Å². The number of rotatable bonds is 0. The predicted octanol–water partition coefficient (Wildman–Crippen LogP) is 3.00. The average Bonchev–Trinajstić information content (AvgIpc) is 2.93. The summed E-state index contributed by atoms with van der Waals surface area (Å²) in [5.41, 5.74) is 6.09. The van der Waals surface area contributed by atoms with E-state index in [4.69, 9.17) is 14.5 Å². The number of hydrogen-bond donors (Lipinski definition) is 0. The third kappa shape index (κ3) is 1.53. The first-order valence-corrected chi connectivity index (χ1v) is 7.61. The van der Waals surface area contributed by atoms with Gasteiger partial charge in [0, 0.05) is 29.4 Å². The maximum absolute atomic E-state index is 5.82. The normalized spacial score (nSPS) is 21.2. The number of likely N-dealkylation sites (N-methyl/N-ethyl adjacent to an activating group) is 1. The van der Waals surface area contributed by atoms with Gasteiger partial charge in [-0.15, -0.1) is 0 Å². The molecule has 0 aromatic heterocycles. The number of hydrogen-bond acceptors (Lipinski definition) is 4. The Labute approximate surface area is 129 Å². The van der Waals surface area contributed by atoms with Crippen LogP contribution in [0, 0.1) is 0 Å².